The summed E-state index contributed by atoms with van der Waals surface area (Å²) in [6, 6.07) is 5.62. The first-order valence-corrected chi connectivity index (χ1v) is 9.91. The molecule has 2 heterocycles. The molecule has 3 rings (SSSR count). The maximum Gasteiger partial charge on any atom is 0.347 e. The highest BCUT2D eigenvalue weighted by Gasteiger charge is 2.15. The lowest BCUT2D eigenvalue weighted by Gasteiger charge is -2.20. The average molecular weight is 384 g/mol. The minimum absolute atomic E-state index is 0.0665. The monoisotopic (exact) mass is 384 g/mol. The number of nitrogens with zero attached hydrogens (tertiary/aromatic N) is 3. The Morgan fingerprint density at radius 2 is 2.07 bits per heavy atom. The van der Waals surface area contributed by atoms with Gasteiger partial charge in [0.2, 0.25) is 5.91 Å². The van der Waals surface area contributed by atoms with Crippen LogP contribution in [-0.2, 0) is 11.3 Å². The Labute approximate surface area is 164 Å². The Morgan fingerprint density at radius 1 is 1.25 bits per heavy atom. The SMILES string of the molecule is CCCCN(CC)CCNC(=O)Cn1ncc2c(=O)oc3ccc(C)cc3c21. The summed E-state index contributed by atoms with van der Waals surface area (Å²) in [7, 11) is 0. The number of fused-ring (bicyclic) bond motifs is 3. The third-order valence-corrected chi connectivity index (χ3v) is 4.97. The Balaban J connectivity index is 1.74. The molecule has 0 radical (unpaired) electrons. The topological polar surface area (TPSA) is 80.4 Å². The lowest BCUT2D eigenvalue weighted by atomic mass is 10.1. The van der Waals surface area contributed by atoms with Crippen molar-refractivity contribution in [3.05, 3.63) is 40.4 Å². The largest absolute Gasteiger partial charge is 0.422 e. The lowest BCUT2D eigenvalue weighted by Crippen LogP contribution is -2.36. The third-order valence-electron chi connectivity index (χ3n) is 4.97. The molecular weight excluding hydrogens is 356 g/mol. The van der Waals surface area contributed by atoms with Crippen molar-refractivity contribution in [3.8, 4) is 0 Å². The fourth-order valence-electron chi connectivity index (χ4n) is 3.37. The van der Waals surface area contributed by atoms with Gasteiger partial charge in [0.15, 0.2) is 0 Å². The Morgan fingerprint density at radius 3 is 2.82 bits per heavy atom. The number of rotatable bonds is 9. The molecule has 150 valence electrons. The number of aryl methyl sites for hydroxylation is 1. The van der Waals surface area contributed by atoms with Gasteiger partial charge in [-0.1, -0.05) is 31.9 Å². The second kappa shape index (κ2) is 9.01. The predicted molar refractivity (Wildman–Crippen MR) is 111 cm³/mol. The molecule has 2 aromatic heterocycles. The molecule has 1 N–H and O–H groups in total. The summed E-state index contributed by atoms with van der Waals surface area (Å²) in [5, 5.41) is 8.40. The highest BCUT2D eigenvalue weighted by Crippen LogP contribution is 2.23. The van der Waals surface area contributed by atoms with Gasteiger partial charge in [-0.2, -0.15) is 5.10 Å². The van der Waals surface area contributed by atoms with Gasteiger partial charge in [-0.3, -0.25) is 9.48 Å². The van der Waals surface area contributed by atoms with Gasteiger partial charge in [-0.25, -0.2) is 4.79 Å². The van der Waals surface area contributed by atoms with Crippen molar-refractivity contribution in [2.75, 3.05) is 26.2 Å². The molecule has 0 aliphatic rings. The van der Waals surface area contributed by atoms with Crippen molar-refractivity contribution in [2.45, 2.75) is 40.2 Å². The van der Waals surface area contributed by atoms with Crippen LogP contribution in [0.25, 0.3) is 21.9 Å². The molecule has 0 aliphatic heterocycles. The summed E-state index contributed by atoms with van der Waals surface area (Å²) >= 11 is 0. The molecule has 0 bridgehead atoms. The van der Waals surface area contributed by atoms with Gasteiger partial charge < -0.3 is 14.6 Å². The zero-order chi connectivity index (χ0) is 20.1. The van der Waals surface area contributed by atoms with Crippen LogP contribution < -0.4 is 10.9 Å². The van der Waals surface area contributed by atoms with E-state index in [0.29, 0.717) is 23.0 Å². The number of nitrogens with one attached hydrogen (secondary N) is 1. The smallest absolute Gasteiger partial charge is 0.347 e. The molecule has 0 spiro atoms. The van der Waals surface area contributed by atoms with Crippen LogP contribution in [0.4, 0.5) is 0 Å². The molecule has 3 aromatic rings. The second-order valence-corrected chi connectivity index (χ2v) is 7.09. The minimum atomic E-state index is -0.437. The Hall–Kier alpha value is -2.67. The number of likely N-dealkylation sites (N-methyl/N-ethyl adjacent to an activating group) is 1. The van der Waals surface area contributed by atoms with E-state index in [1.165, 1.54) is 6.20 Å². The van der Waals surface area contributed by atoms with E-state index >= 15 is 0 Å². The van der Waals surface area contributed by atoms with Crippen molar-refractivity contribution < 1.29 is 9.21 Å². The molecule has 1 aromatic carbocycles. The summed E-state index contributed by atoms with van der Waals surface area (Å²) in [5.41, 5.74) is 1.75. The number of unbranched alkanes of at least 4 members (excludes halogenated alkanes) is 1. The number of carbonyl (C=O) groups excluding carboxylic acids is 1. The van der Waals surface area contributed by atoms with E-state index in [-0.39, 0.29) is 12.5 Å². The van der Waals surface area contributed by atoms with Crippen LogP contribution in [0.2, 0.25) is 0 Å². The lowest BCUT2D eigenvalue weighted by molar-refractivity contribution is -0.121. The van der Waals surface area contributed by atoms with Gasteiger partial charge in [0.25, 0.3) is 0 Å². The molecule has 28 heavy (non-hydrogen) atoms. The van der Waals surface area contributed by atoms with Crippen molar-refractivity contribution in [2.24, 2.45) is 0 Å². The second-order valence-electron chi connectivity index (χ2n) is 7.09. The fourth-order valence-corrected chi connectivity index (χ4v) is 3.37. The van der Waals surface area contributed by atoms with Crippen LogP contribution in [0.1, 0.15) is 32.3 Å². The molecule has 0 fully saturated rings. The predicted octanol–water partition coefficient (Wildman–Crippen LogP) is 2.69. The van der Waals surface area contributed by atoms with Crippen LogP contribution in [-0.4, -0.2) is 46.8 Å². The quantitative estimate of drug-likeness (QED) is 0.574. The van der Waals surface area contributed by atoms with E-state index in [4.69, 9.17) is 4.42 Å². The van der Waals surface area contributed by atoms with Crippen LogP contribution in [0, 0.1) is 6.92 Å². The summed E-state index contributed by atoms with van der Waals surface area (Å²) in [4.78, 5) is 27.0. The van der Waals surface area contributed by atoms with Crippen LogP contribution in [0.3, 0.4) is 0 Å². The number of aromatic nitrogens is 2. The van der Waals surface area contributed by atoms with Gasteiger partial charge in [-0.15, -0.1) is 0 Å². The average Bonchev–Trinajstić information content (AvgIpc) is 3.09. The maximum atomic E-state index is 12.4. The van der Waals surface area contributed by atoms with Crippen LogP contribution in [0.5, 0.6) is 0 Å². The number of amides is 1. The summed E-state index contributed by atoms with van der Waals surface area (Å²) in [6.45, 7) is 9.79. The number of hydrogen-bond acceptors (Lipinski definition) is 5. The molecule has 0 saturated heterocycles. The standard InChI is InChI=1S/C21H28N4O3/c1-4-6-10-24(5-2)11-9-22-19(26)14-25-20-16-12-15(3)7-8-18(16)28-21(27)17(20)13-23-25/h7-8,12-13H,4-6,9-11,14H2,1-3H3,(H,22,26). The molecular formula is C21H28N4O3. The normalized spacial score (nSPS) is 11.6. The molecule has 0 atom stereocenters. The van der Waals surface area contributed by atoms with Gasteiger partial charge in [-0.05, 0) is 38.6 Å². The fraction of sp³-hybridized carbons (Fsp3) is 0.476. The van der Waals surface area contributed by atoms with Crippen LogP contribution in [0.15, 0.2) is 33.6 Å². The first-order valence-electron chi connectivity index (χ1n) is 9.91. The highest BCUT2D eigenvalue weighted by atomic mass is 16.4. The zero-order valence-electron chi connectivity index (χ0n) is 16.8. The Kier molecular flexibility index (Phi) is 6.46. The van der Waals surface area contributed by atoms with E-state index in [9.17, 15) is 9.59 Å². The van der Waals surface area contributed by atoms with Gasteiger partial charge in [0.1, 0.15) is 17.5 Å². The van der Waals surface area contributed by atoms with Crippen molar-refractivity contribution in [1.82, 2.24) is 20.0 Å². The van der Waals surface area contributed by atoms with Gasteiger partial charge in [0, 0.05) is 18.5 Å². The summed E-state index contributed by atoms with van der Waals surface area (Å²) in [6.07, 6.45) is 3.80. The summed E-state index contributed by atoms with van der Waals surface area (Å²) < 4.78 is 6.95. The van der Waals surface area contributed by atoms with Crippen molar-refractivity contribution >= 4 is 27.8 Å². The molecule has 7 nitrogen and oxygen atoms in total. The minimum Gasteiger partial charge on any atom is -0.422 e. The first kappa shape index (κ1) is 20.1. The summed E-state index contributed by atoms with van der Waals surface area (Å²) in [5.74, 6) is -0.120. The van der Waals surface area contributed by atoms with Crippen molar-refractivity contribution in [1.29, 1.82) is 0 Å². The number of hydrogen-bond donors (Lipinski definition) is 1. The van der Waals surface area contributed by atoms with E-state index in [0.717, 1.165) is 43.4 Å². The van der Waals surface area contributed by atoms with Gasteiger partial charge >= 0.3 is 5.63 Å². The Bertz CT molecular complexity index is 1020. The molecule has 7 heteroatoms. The number of carbonyl (C=O) groups is 1. The highest BCUT2D eigenvalue weighted by molar-refractivity contribution is 6.02. The first-order chi connectivity index (χ1) is 13.5. The number of benzene rings is 1. The van der Waals surface area contributed by atoms with E-state index in [2.05, 4.69) is 29.2 Å². The van der Waals surface area contributed by atoms with Crippen molar-refractivity contribution in [3.63, 3.8) is 0 Å². The van der Waals surface area contributed by atoms with E-state index < -0.39 is 5.63 Å². The molecule has 1 amide bonds. The maximum absolute atomic E-state index is 12.4. The molecule has 0 aliphatic carbocycles. The van der Waals surface area contributed by atoms with E-state index in [1.807, 2.05) is 19.1 Å². The molecule has 0 unspecified atom stereocenters. The van der Waals surface area contributed by atoms with Crippen LogP contribution >= 0.6 is 0 Å². The van der Waals surface area contributed by atoms with Gasteiger partial charge in [0.05, 0.1) is 11.7 Å². The third kappa shape index (κ3) is 4.42. The molecule has 0 saturated carbocycles. The zero-order valence-corrected chi connectivity index (χ0v) is 16.8. The van der Waals surface area contributed by atoms with E-state index in [1.54, 1.807) is 10.7 Å².